The van der Waals surface area contributed by atoms with Crippen molar-refractivity contribution in [2.24, 2.45) is 5.84 Å². The molecule has 0 aliphatic carbocycles. The first-order chi connectivity index (χ1) is 5.25. The first kappa shape index (κ1) is 7.76. The molecular formula is C4H10N6O. The van der Waals surface area contributed by atoms with Crippen LogP contribution in [0.1, 0.15) is 5.82 Å². The van der Waals surface area contributed by atoms with E-state index in [1.807, 2.05) is 0 Å². The van der Waals surface area contributed by atoms with E-state index in [1.165, 1.54) is 0 Å². The van der Waals surface area contributed by atoms with Gasteiger partial charge in [-0.3, -0.25) is 11.3 Å². The second kappa shape index (κ2) is 3.17. The Hall–Kier alpha value is -1.34. The van der Waals surface area contributed by atoms with E-state index in [1.54, 1.807) is 0 Å². The van der Waals surface area contributed by atoms with Gasteiger partial charge in [-0.15, -0.1) is 0 Å². The van der Waals surface area contributed by atoms with Crippen LogP contribution >= 0.6 is 0 Å². The fourth-order valence-electron chi connectivity index (χ4n) is 0.698. The molecule has 1 rings (SSSR count). The maximum absolute atomic E-state index is 10.7. The van der Waals surface area contributed by atoms with Crippen molar-refractivity contribution in [3.8, 4) is 0 Å². The van der Waals surface area contributed by atoms with E-state index < -0.39 is 5.69 Å². The molecule has 0 aromatic carbocycles. The van der Waals surface area contributed by atoms with Crippen molar-refractivity contribution in [1.82, 2.24) is 20.3 Å². The van der Waals surface area contributed by atoms with Gasteiger partial charge in [-0.1, -0.05) is 0 Å². The van der Waals surface area contributed by atoms with Crippen molar-refractivity contribution < 1.29 is 0 Å². The lowest BCUT2D eigenvalue weighted by Gasteiger charge is -1.96. The van der Waals surface area contributed by atoms with Gasteiger partial charge in [0.1, 0.15) is 0 Å². The molecule has 0 aliphatic rings. The molecule has 1 aromatic heterocycles. The lowest BCUT2D eigenvalue weighted by molar-refractivity contribution is 0.688. The zero-order valence-electron chi connectivity index (χ0n) is 5.87. The molecule has 0 spiro atoms. The van der Waals surface area contributed by atoms with Crippen molar-refractivity contribution in [1.29, 1.82) is 0 Å². The summed E-state index contributed by atoms with van der Waals surface area (Å²) < 4.78 is 0.956. The van der Waals surface area contributed by atoms with Gasteiger partial charge in [-0.2, -0.15) is 9.77 Å². The number of H-pyrrole nitrogens is 1. The molecule has 0 fully saturated rings. The zero-order valence-corrected chi connectivity index (χ0v) is 5.87. The summed E-state index contributed by atoms with van der Waals surface area (Å²) in [6.07, 6.45) is 0.520. The Kier molecular flexibility index (Phi) is 2.24. The fourth-order valence-corrected chi connectivity index (χ4v) is 0.698. The van der Waals surface area contributed by atoms with Gasteiger partial charge < -0.3 is 5.84 Å². The molecule has 0 aliphatic heterocycles. The van der Waals surface area contributed by atoms with Gasteiger partial charge in [0, 0.05) is 13.0 Å². The molecule has 1 heterocycles. The maximum Gasteiger partial charge on any atom is 0.361 e. The second-order valence-electron chi connectivity index (χ2n) is 2.02. The summed E-state index contributed by atoms with van der Waals surface area (Å²) in [4.78, 5) is 10.7. The number of hydrogen-bond donors (Lipinski definition) is 4. The summed E-state index contributed by atoms with van der Waals surface area (Å²) in [5.41, 5.74) is 2.01. The van der Waals surface area contributed by atoms with Crippen LogP contribution in [0.25, 0.3) is 0 Å². The number of aromatic amines is 1. The lowest BCUT2D eigenvalue weighted by atomic mass is 10.4. The Morgan fingerprint density at radius 3 is 2.91 bits per heavy atom. The Morgan fingerprint density at radius 2 is 2.45 bits per heavy atom. The third-order valence-corrected chi connectivity index (χ3v) is 1.27. The summed E-state index contributed by atoms with van der Waals surface area (Å²) in [6.45, 7) is 0.529. The van der Waals surface area contributed by atoms with Crippen LogP contribution in [-0.4, -0.2) is 21.4 Å². The molecule has 11 heavy (non-hydrogen) atoms. The summed E-state index contributed by atoms with van der Waals surface area (Å²) >= 11 is 0. The molecule has 0 amide bonds. The Balaban J connectivity index is 2.71. The van der Waals surface area contributed by atoms with Gasteiger partial charge in [0.05, 0.1) is 0 Å². The van der Waals surface area contributed by atoms with Crippen LogP contribution in [0.2, 0.25) is 0 Å². The van der Waals surface area contributed by atoms with E-state index in [0.717, 1.165) is 4.68 Å². The molecule has 0 bridgehead atoms. The van der Waals surface area contributed by atoms with Crippen LogP contribution in [0, 0.1) is 0 Å². The molecule has 62 valence electrons. The van der Waals surface area contributed by atoms with Crippen molar-refractivity contribution in [2.75, 3.05) is 12.4 Å². The normalized spacial score (nSPS) is 10.3. The number of hydrazine groups is 1. The molecular weight excluding hydrogens is 148 g/mol. The highest BCUT2D eigenvalue weighted by Gasteiger charge is 2.02. The molecule has 0 atom stereocenters. The molecule has 0 saturated carbocycles. The third-order valence-electron chi connectivity index (χ3n) is 1.27. The maximum atomic E-state index is 10.7. The third kappa shape index (κ3) is 1.57. The van der Waals surface area contributed by atoms with Crippen LogP contribution in [-0.2, 0) is 6.42 Å². The second-order valence-corrected chi connectivity index (χ2v) is 2.02. The zero-order chi connectivity index (χ0) is 8.27. The van der Waals surface area contributed by atoms with Gasteiger partial charge in [-0.25, -0.2) is 9.89 Å². The van der Waals surface area contributed by atoms with Crippen LogP contribution in [0.4, 0.5) is 0 Å². The van der Waals surface area contributed by atoms with E-state index in [0.29, 0.717) is 18.8 Å². The Labute approximate surface area is 62.3 Å². The Bertz CT molecular complexity index is 274. The van der Waals surface area contributed by atoms with Crippen molar-refractivity contribution >= 4 is 0 Å². The van der Waals surface area contributed by atoms with E-state index in [-0.39, 0.29) is 0 Å². The highest BCUT2D eigenvalue weighted by molar-refractivity contribution is 4.86. The molecule has 0 unspecified atom stereocenters. The minimum absolute atomic E-state index is 0.419. The number of rotatable bonds is 3. The number of nitrogen functional groups attached to an aromatic ring is 1. The number of nitrogens with two attached hydrogens (primary N) is 2. The topological polar surface area (TPSA) is 115 Å². The first-order valence-corrected chi connectivity index (χ1v) is 3.10. The van der Waals surface area contributed by atoms with E-state index >= 15 is 0 Å². The summed E-state index contributed by atoms with van der Waals surface area (Å²) in [6, 6.07) is 0. The molecule has 7 heteroatoms. The number of aromatic nitrogens is 3. The predicted octanol–water partition coefficient (Wildman–Crippen LogP) is -2.71. The Morgan fingerprint density at radius 1 is 1.73 bits per heavy atom. The van der Waals surface area contributed by atoms with Crippen LogP contribution in [0.3, 0.4) is 0 Å². The minimum Gasteiger partial charge on any atom is -0.333 e. The van der Waals surface area contributed by atoms with Gasteiger partial charge in [0.15, 0.2) is 5.82 Å². The largest absolute Gasteiger partial charge is 0.361 e. The van der Waals surface area contributed by atoms with E-state index in [2.05, 4.69) is 15.6 Å². The molecule has 1 aromatic rings. The van der Waals surface area contributed by atoms with E-state index in [9.17, 15) is 4.79 Å². The average Bonchev–Trinajstić information content (AvgIpc) is 2.31. The minimum atomic E-state index is -0.419. The quantitative estimate of drug-likeness (QED) is 0.282. The highest BCUT2D eigenvalue weighted by Crippen LogP contribution is 1.83. The van der Waals surface area contributed by atoms with Crippen LogP contribution < -0.4 is 22.8 Å². The summed E-state index contributed by atoms with van der Waals surface area (Å²) in [7, 11) is 0. The van der Waals surface area contributed by atoms with Crippen molar-refractivity contribution in [3.63, 3.8) is 0 Å². The molecule has 0 radical (unpaired) electrons. The monoisotopic (exact) mass is 158 g/mol. The molecule has 0 saturated heterocycles. The van der Waals surface area contributed by atoms with Crippen molar-refractivity contribution in [2.45, 2.75) is 6.42 Å². The highest BCUT2D eigenvalue weighted by atomic mass is 16.2. The van der Waals surface area contributed by atoms with Gasteiger partial charge in [-0.05, 0) is 0 Å². The standard InChI is InChI=1S/C4H10N6O/c5-7-2-1-3-8-9-4(11)10(3)6/h7H,1-2,5-6H2,(H,9,11). The molecule has 6 N–H and O–H groups in total. The smallest absolute Gasteiger partial charge is 0.333 e. The predicted molar refractivity (Wildman–Crippen MR) is 38.9 cm³/mol. The van der Waals surface area contributed by atoms with Gasteiger partial charge in [0.25, 0.3) is 0 Å². The number of nitrogens with one attached hydrogen (secondary N) is 2. The van der Waals surface area contributed by atoms with Crippen LogP contribution in [0.5, 0.6) is 0 Å². The molecule has 7 nitrogen and oxygen atoms in total. The first-order valence-electron chi connectivity index (χ1n) is 3.10. The SMILES string of the molecule is NNCCc1n[nH]c(=O)n1N. The average molecular weight is 158 g/mol. The number of hydrogen-bond acceptors (Lipinski definition) is 5. The fraction of sp³-hybridized carbons (Fsp3) is 0.500. The van der Waals surface area contributed by atoms with Crippen LogP contribution in [0.15, 0.2) is 4.79 Å². The lowest BCUT2D eigenvalue weighted by Crippen LogP contribution is -2.29. The summed E-state index contributed by atoms with van der Waals surface area (Å²) in [5.74, 6) is 10.8. The summed E-state index contributed by atoms with van der Waals surface area (Å²) in [5, 5.41) is 5.87. The van der Waals surface area contributed by atoms with Crippen molar-refractivity contribution in [3.05, 3.63) is 16.3 Å². The van der Waals surface area contributed by atoms with E-state index in [4.69, 9.17) is 11.7 Å². The number of nitrogens with zero attached hydrogens (tertiary/aromatic N) is 2. The van der Waals surface area contributed by atoms with Gasteiger partial charge in [0.2, 0.25) is 0 Å². The van der Waals surface area contributed by atoms with Gasteiger partial charge >= 0.3 is 5.69 Å².